The van der Waals surface area contributed by atoms with Crippen LogP contribution in [0.3, 0.4) is 0 Å². The summed E-state index contributed by atoms with van der Waals surface area (Å²) >= 11 is 0. The van der Waals surface area contributed by atoms with E-state index in [4.69, 9.17) is 4.74 Å². The highest BCUT2D eigenvalue weighted by molar-refractivity contribution is 7.91. The summed E-state index contributed by atoms with van der Waals surface area (Å²) in [5, 5.41) is 9.27. The van der Waals surface area contributed by atoms with Gasteiger partial charge in [-0.3, -0.25) is 9.69 Å². The molecule has 20 heavy (non-hydrogen) atoms. The largest absolute Gasteiger partial charge is 0.395 e. The summed E-state index contributed by atoms with van der Waals surface area (Å²) < 4.78 is 28.2. The first-order chi connectivity index (χ1) is 9.43. The number of rotatable bonds is 4. The molecule has 0 aliphatic carbocycles. The number of carbonyl (C=O) groups is 1. The molecule has 2 unspecified atom stereocenters. The number of nitrogens with zero attached hydrogens (tertiary/aromatic N) is 2. The van der Waals surface area contributed by atoms with Crippen LogP contribution in [0.2, 0.25) is 0 Å². The lowest BCUT2D eigenvalue weighted by molar-refractivity contribution is -0.135. The van der Waals surface area contributed by atoms with Gasteiger partial charge in [0.1, 0.15) is 0 Å². The average Bonchev–Trinajstić information content (AvgIpc) is 2.78. The van der Waals surface area contributed by atoms with Crippen molar-refractivity contribution in [1.82, 2.24) is 9.80 Å². The van der Waals surface area contributed by atoms with E-state index >= 15 is 0 Å². The topological polar surface area (TPSA) is 87.2 Å². The van der Waals surface area contributed by atoms with Crippen LogP contribution >= 0.6 is 0 Å². The van der Waals surface area contributed by atoms with Gasteiger partial charge in [-0.1, -0.05) is 0 Å². The van der Waals surface area contributed by atoms with Gasteiger partial charge in [-0.25, -0.2) is 8.42 Å². The van der Waals surface area contributed by atoms with Crippen molar-refractivity contribution in [2.75, 3.05) is 51.5 Å². The number of ether oxygens (including phenoxy) is 1. The Hall–Kier alpha value is -0.700. The van der Waals surface area contributed by atoms with Crippen LogP contribution in [-0.4, -0.2) is 92.8 Å². The number of likely N-dealkylation sites (N-methyl/N-ethyl adjacent to an activating group) is 1. The standard InChI is InChI=1S/C12H22N2O5S/c1-13(10-2-5-20(17,18)9-10)12(16)6-14-3-4-19-8-11(14)7-15/h10-11,15H,2-9H2,1H3. The molecule has 2 rings (SSSR count). The molecule has 2 atom stereocenters. The molecule has 0 radical (unpaired) electrons. The second kappa shape index (κ2) is 6.38. The second-order valence-corrected chi connectivity index (χ2v) is 7.67. The molecule has 0 bridgehead atoms. The maximum Gasteiger partial charge on any atom is 0.236 e. The smallest absolute Gasteiger partial charge is 0.236 e. The summed E-state index contributed by atoms with van der Waals surface area (Å²) in [5.74, 6) is 0.112. The Morgan fingerprint density at radius 3 is 2.85 bits per heavy atom. The highest BCUT2D eigenvalue weighted by Gasteiger charge is 2.34. The Balaban J connectivity index is 1.90. The molecule has 2 heterocycles. The van der Waals surface area contributed by atoms with Crippen molar-refractivity contribution in [2.24, 2.45) is 0 Å². The van der Waals surface area contributed by atoms with Crippen molar-refractivity contribution < 1.29 is 23.1 Å². The Morgan fingerprint density at radius 1 is 1.50 bits per heavy atom. The third-order valence-electron chi connectivity index (χ3n) is 4.05. The van der Waals surface area contributed by atoms with E-state index in [2.05, 4.69) is 0 Å². The molecule has 0 aromatic rings. The van der Waals surface area contributed by atoms with Crippen LogP contribution in [-0.2, 0) is 19.4 Å². The van der Waals surface area contributed by atoms with Crippen LogP contribution in [0.5, 0.6) is 0 Å². The fourth-order valence-corrected chi connectivity index (χ4v) is 4.41. The SMILES string of the molecule is CN(C(=O)CN1CCOCC1CO)C1CCS(=O)(=O)C1. The van der Waals surface area contributed by atoms with E-state index in [0.29, 0.717) is 26.2 Å². The van der Waals surface area contributed by atoms with E-state index < -0.39 is 9.84 Å². The number of sulfone groups is 1. The predicted molar refractivity (Wildman–Crippen MR) is 73.1 cm³/mol. The van der Waals surface area contributed by atoms with Crippen LogP contribution in [0.15, 0.2) is 0 Å². The minimum atomic E-state index is -2.99. The molecular weight excluding hydrogens is 284 g/mol. The maximum atomic E-state index is 12.2. The van der Waals surface area contributed by atoms with E-state index in [0.717, 1.165) is 0 Å². The first-order valence-corrected chi connectivity index (χ1v) is 8.64. The van der Waals surface area contributed by atoms with Gasteiger partial charge in [0.15, 0.2) is 9.84 Å². The fraction of sp³-hybridized carbons (Fsp3) is 0.917. The number of aliphatic hydroxyl groups excluding tert-OH is 1. The number of morpholine rings is 1. The predicted octanol–water partition coefficient (Wildman–Crippen LogP) is -1.67. The minimum absolute atomic E-state index is 0.0468. The molecule has 0 spiro atoms. The molecule has 0 aromatic heterocycles. The first kappa shape index (κ1) is 15.7. The summed E-state index contributed by atoms with van der Waals surface area (Å²) in [7, 11) is -1.34. The quantitative estimate of drug-likeness (QED) is 0.668. The number of carbonyl (C=O) groups excluding carboxylic acids is 1. The van der Waals surface area contributed by atoms with E-state index in [1.807, 2.05) is 4.90 Å². The highest BCUT2D eigenvalue weighted by atomic mass is 32.2. The van der Waals surface area contributed by atoms with Crippen molar-refractivity contribution in [3.05, 3.63) is 0 Å². The summed E-state index contributed by atoms with van der Waals surface area (Å²) in [6.45, 7) is 1.72. The van der Waals surface area contributed by atoms with Gasteiger partial charge in [0.25, 0.3) is 0 Å². The van der Waals surface area contributed by atoms with E-state index in [-0.39, 0.29) is 42.6 Å². The van der Waals surface area contributed by atoms with Crippen LogP contribution < -0.4 is 0 Å². The summed E-state index contributed by atoms with van der Waals surface area (Å²) in [5.41, 5.74) is 0. The van der Waals surface area contributed by atoms with Gasteiger partial charge in [0.05, 0.1) is 43.9 Å². The van der Waals surface area contributed by atoms with Gasteiger partial charge in [-0.2, -0.15) is 0 Å². The van der Waals surface area contributed by atoms with Gasteiger partial charge in [-0.15, -0.1) is 0 Å². The first-order valence-electron chi connectivity index (χ1n) is 6.81. The molecule has 1 amide bonds. The Morgan fingerprint density at radius 2 is 2.25 bits per heavy atom. The van der Waals surface area contributed by atoms with E-state index in [1.54, 1.807) is 7.05 Å². The monoisotopic (exact) mass is 306 g/mol. The Labute approximate surface area is 119 Å². The Bertz CT molecular complexity index is 453. The van der Waals surface area contributed by atoms with Crippen molar-refractivity contribution in [1.29, 1.82) is 0 Å². The number of aliphatic hydroxyl groups is 1. The van der Waals surface area contributed by atoms with Gasteiger partial charge in [0.2, 0.25) is 5.91 Å². The van der Waals surface area contributed by atoms with Gasteiger partial charge in [0, 0.05) is 19.6 Å². The maximum absolute atomic E-state index is 12.2. The van der Waals surface area contributed by atoms with E-state index in [1.165, 1.54) is 4.90 Å². The minimum Gasteiger partial charge on any atom is -0.395 e. The zero-order valence-corrected chi connectivity index (χ0v) is 12.5. The molecule has 8 heteroatoms. The van der Waals surface area contributed by atoms with Gasteiger partial charge >= 0.3 is 0 Å². The zero-order valence-electron chi connectivity index (χ0n) is 11.7. The van der Waals surface area contributed by atoms with Gasteiger partial charge < -0.3 is 14.7 Å². The van der Waals surface area contributed by atoms with E-state index in [9.17, 15) is 18.3 Å². The molecule has 2 aliphatic rings. The molecule has 1 N–H and O–H groups in total. The molecule has 116 valence electrons. The summed E-state index contributed by atoms with van der Waals surface area (Å²) in [6.07, 6.45) is 0.511. The van der Waals surface area contributed by atoms with Crippen LogP contribution in [0.4, 0.5) is 0 Å². The van der Waals surface area contributed by atoms with Crippen LogP contribution in [0, 0.1) is 0 Å². The highest BCUT2D eigenvalue weighted by Crippen LogP contribution is 2.17. The van der Waals surface area contributed by atoms with Crippen LogP contribution in [0.1, 0.15) is 6.42 Å². The summed E-state index contributed by atoms with van der Waals surface area (Å²) in [4.78, 5) is 15.7. The number of hydrogen-bond acceptors (Lipinski definition) is 6. The fourth-order valence-electron chi connectivity index (χ4n) is 2.64. The molecule has 2 aliphatic heterocycles. The molecule has 2 fully saturated rings. The average molecular weight is 306 g/mol. The second-order valence-electron chi connectivity index (χ2n) is 5.44. The normalized spacial score (nSPS) is 30.3. The molecular formula is C12H22N2O5S. The van der Waals surface area contributed by atoms with Crippen LogP contribution in [0.25, 0.3) is 0 Å². The van der Waals surface area contributed by atoms with Crippen molar-refractivity contribution in [3.8, 4) is 0 Å². The van der Waals surface area contributed by atoms with Crippen molar-refractivity contribution in [2.45, 2.75) is 18.5 Å². The zero-order chi connectivity index (χ0) is 14.8. The van der Waals surface area contributed by atoms with Gasteiger partial charge in [-0.05, 0) is 6.42 Å². The third kappa shape index (κ3) is 3.69. The molecule has 7 nitrogen and oxygen atoms in total. The summed E-state index contributed by atoms with van der Waals surface area (Å²) in [6, 6.07) is -0.380. The molecule has 0 aromatic carbocycles. The number of amides is 1. The lowest BCUT2D eigenvalue weighted by Crippen LogP contribution is -2.52. The Kier molecular flexibility index (Phi) is 5.00. The third-order valence-corrected chi connectivity index (χ3v) is 5.80. The lowest BCUT2D eigenvalue weighted by atomic mass is 10.2. The lowest BCUT2D eigenvalue weighted by Gasteiger charge is -2.35. The van der Waals surface area contributed by atoms with Crippen molar-refractivity contribution in [3.63, 3.8) is 0 Å². The van der Waals surface area contributed by atoms with Crippen molar-refractivity contribution >= 4 is 15.7 Å². The molecule has 2 saturated heterocycles. The molecule has 0 saturated carbocycles. The number of hydrogen-bond donors (Lipinski definition) is 1.